The molecule has 1 N–H and O–H groups in total. The van der Waals surface area contributed by atoms with E-state index in [-0.39, 0.29) is 6.04 Å². The molecule has 2 aromatic rings. The molecular weight excluding hydrogens is 312 g/mol. The molecule has 2 nitrogen and oxygen atoms in total. The Morgan fingerprint density at radius 2 is 2.05 bits per heavy atom. The normalized spacial score (nSPS) is 16.7. The summed E-state index contributed by atoms with van der Waals surface area (Å²) in [6.07, 6.45) is 7.79. The molecule has 3 rings (SSSR count). The number of nitrogens with zero attached hydrogens (tertiary/aromatic N) is 1. The van der Waals surface area contributed by atoms with Gasteiger partial charge in [0.2, 0.25) is 0 Å². The Morgan fingerprint density at radius 3 is 2.70 bits per heavy atom. The first kappa shape index (κ1) is 13.8. The molecule has 1 aliphatic rings. The predicted molar refractivity (Wildman–Crippen MR) is 85.9 cm³/mol. The number of nitrogens with one attached hydrogen (secondary N) is 1. The lowest BCUT2D eigenvalue weighted by Gasteiger charge is -2.30. The van der Waals surface area contributed by atoms with E-state index in [1.165, 1.54) is 36.0 Å². The summed E-state index contributed by atoms with van der Waals surface area (Å²) in [5, 5.41) is 3.44. The summed E-state index contributed by atoms with van der Waals surface area (Å²) in [7, 11) is 2.02. The van der Waals surface area contributed by atoms with Crippen molar-refractivity contribution in [2.75, 3.05) is 7.05 Å². The molecule has 1 fully saturated rings. The van der Waals surface area contributed by atoms with E-state index in [9.17, 15) is 0 Å². The number of hydrogen-bond donors (Lipinski definition) is 1. The second-order valence-electron chi connectivity index (χ2n) is 5.41. The van der Waals surface area contributed by atoms with Crippen LogP contribution in [0.25, 0.3) is 0 Å². The molecule has 1 heterocycles. The summed E-state index contributed by atoms with van der Waals surface area (Å²) >= 11 is 3.51. The number of rotatable bonds is 4. The fourth-order valence-corrected chi connectivity index (χ4v) is 3.34. The first-order valence-electron chi connectivity index (χ1n) is 7.16. The minimum Gasteiger partial charge on any atom is -0.309 e. The van der Waals surface area contributed by atoms with E-state index >= 15 is 0 Å². The monoisotopic (exact) mass is 330 g/mol. The van der Waals surface area contributed by atoms with Crippen LogP contribution in [-0.2, 0) is 0 Å². The molecule has 1 aromatic heterocycles. The maximum Gasteiger partial charge on any atom is 0.0592 e. The van der Waals surface area contributed by atoms with Gasteiger partial charge in [0, 0.05) is 16.9 Å². The quantitative estimate of drug-likeness (QED) is 0.897. The zero-order valence-electron chi connectivity index (χ0n) is 11.6. The highest BCUT2D eigenvalue weighted by Gasteiger charge is 2.25. The van der Waals surface area contributed by atoms with E-state index in [4.69, 9.17) is 0 Å². The Bertz CT molecular complexity index is 593. The molecule has 1 aromatic carbocycles. The molecule has 1 atom stereocenters. The molecule has 0 bridgehead atoms. The lowest BCUT2D eigenvalue weighted by Crippen LogP contribution is -2.21. The predicted octanol–water partition coefficient (Wildman–Crippen LogP) is 4.42. The van der Waals surface area contributed by atoms with Crippen LogP contribution in [0.4, 0.5) is 0 Å². The molecule has 1 unspecified atom stereocenters. The van der Waals surface area contributed by atoms with E-state index in [1.54, 1.807) is 0 Å². The van der Waals surface area contributed by atoms with Crippen LogP contribution >= 0.6 is 15.9 Å². The summed E-state index contributed by atoms with van der Waals surface area (Å²) < 4.78 is 1.02. The minimum absolute atomic E-state index is 0.205. The highest BCUT2D eigenvalue weighted by atomic mass is 79.9. The number of hydrogen-bond acceptors (Lipinski definition) is 2. The van der Waals surface area contributed by atoms with Crippen LogP contribution in [0, 0.1) is 0 Å². The van der Waals surface area contributed by atoms with Crippen LogP contribution in [-0.4, -0.2) is 12.0 Å². The summed E-state index contributed by atoms with van der Waals surface area (Å²) in [5.41, 5.74) is 4.09. The van der Waals surface area contributed by atoms with Gasteiger partial charge in [0.15, 0.2) is 0 Å². The Balaban J connectivity index is 2.01. The summed E-state index contributed by atoms with van der Waals surface area (Å²) in [4.78, 5) is 4.30. The van der Waals surface area contributed by atoms with Gasteiger partial charge in [-0.2, -0.15) is 0 Å². The van der Waals surface area contributed by atoms with Crippen molar-refractivity contribution < 1.29 is 0 Å². The van der Waals surface area contributed by atoms with E-state index in [1.807, 2.05) is 19.4 Å². The number of halogens is 1. The van der Waals surface area contributed by atoms with Crippen LogP contribution in [0.15, 0.2) is 47.2 Å². The number of aromatic nitrogens is 1. The molecule has 3 heteroatoms. The van der Waals surface area contributed by atoms with Crippen LogP contribution < -0.4 is 5.32 Å². The van der Waals surface area contributed by atoms with Crippen molar-refractivity contribution >= 4 is 15.9 Å². The van der Waals surface area contributed by atoms with Crippen LogP contribution in [0.3, 0.4) is 0 Å². The first-order chi connectivity index (χ1) is 9.79. The van der Waals surface area contributed by atoms with Gasteiger partial charge >= 0.3 is 0 Å². The summed E-state index contributed by atoms with van der Waals surface area (Å²) in [6, 6.07) is 11.2. The van der Waals surface area contributed by atoms with Gasteiger partial charge in [-0.05, 0) is 64.5 Å². The van der Waals surface area contributed by atoms with Gasteiger partial charge in [0.25, 0.3) is 0 Å². The molecule has 0 saturated heterocycles. The Labute approximate surface area is 128 Å². The summed E-state index contributed by atoms with van der Waals surface area (Å²) in [6.45, 7) is 0. The van der Waals surface area contributed by atoms with Crippen molar-refractivity contribution in [3.8, 4) is 0 Å². The van der Waals surface area contributed by atoms with Gasteiger partial charge in [-0.15, -0.1) is 0 Å². The van der Waals surface area contributed by atoms with Gasteiger partial charge in [0.1, 0.15) is 0 Å². The highest BCUT2D eigenvalue weighted by molar-refractivity contribution is 9.10. The minimum atomic E-state index is 0.205. The number of benzene rings is 1. The maximum atomic E-state index is 4.30. The van der Waals surface area contributed by atoms with Gasteiger partial charge in [-0.3, -0.25) is 4.98 Å². The zero-order valence-corrected chi connectivity index (χ0v) is 13.2. The van der Waals surface area contributed by atoms with Gasteiger partial charge in [-0.25, -0.2) is 0 Å². The highest BCUT2D eigenvalue weighted by Crippen LogP contribution is 2.40. The van der Waals surface area contributed by atoms with Crippen molar-refractivity contribution in [2.45, 2.75) is 31.2 Å². The van der Waals surface area contributed by atoms with Gasteiger partial charge < -0.3 is 5.32 Å². The fraction of sp³-hybridized carbons (Fsp3) is 0.353. The van der Waals surface area contributed by atoms with E-state index < -0.39 is 0 Å². The SMILES string of the molecule is CNC(c1cncc(Br)c1)c1ccccc1C1CCC1. The lowest BCUT2D eigenvalue weighted by atomic mass is 9.76. The Morgan fingerprint density at radius 1 is 1.25 bits per heavy atom. The third-order valence-electron chi connectivity index (χ3n) is 4.20. The second-order valence-corrected chi connectivity index (χ2v) is 6.33. The third kappa shape index (κ3) is 2.65. The average Bonchev–Trinajstić information content (AvgIpc) is 2.40. The van der Waals surface area contributed by atoms with E-state index in [2.05, 4.69) is 56.6 Å². The van der Waals surface area contributed by atoms with Crippen molar-refractivity contribution in [1.29, 1.82) is 0 Å². The van der Waals surface area contributed by atoms with E-state index in [0.717, 1.165) is 10.4 Å². The molecule has 0 spiro atoms. The van der Waals surface area contributed by atoms with Crippen LogP contribution in [0.2, 0.25) is 0 Å². The molecule has 20 heavy (non-hydrogen) atoms. The topological polar surface area (TPSA) is 24.9 Å². The zero-order chi connectivity index (χ0) is 13.9. The lowest BCUT2D eigenvalue weighted by molar-refractivity contribution is 0.415. The van der Waals surface area contributed by atoms with Crippen LogP contribution in [0.1, 0.15) is 47.9 Å². The van der Waals surface area contributed by atoms with Crippen LogP contribution in [0.5, 0.6) is 0 Å². The van der Waals surface area contributed by atoms with Gasteiger partial charge in [0.05, 0.1) is 6.04 Å². The number of pyridine rings is 1. The fourth-order valence-electron chi connectivity index (χ4n) is 2.95. The van der Waals surface area contributed by atoms with E-state index in [0.29, 0.717) is 0 Å². The molecule has 104 valence electrons. The largest absolute Gasteiger partial charge is 0.309 e. The Hall–Kier alpha value is -1.19. The van der Waals surface area contributed by atoms with Crippen molar-refractivity contribution in [3.05, 3.63) is 63.9 Å². The Kier molecular flexibility index (Phi) is 4.18. The molecule has 0 aliphatic heterocycles. The molecule has 1 aliphatic carbocycles. The standard InChI is InChI=1S/C17H19BrN2/c1-19-17(13-9-14(18)11-20-10-13)16-8-3-2-7-15(16)12-5-4-6-12/h2-3,7-12,17,19H,4-6H2,1H3. The molecule has 0 amide bonds. The van der Waals surface area contributed by atoms with Gasteiger partial charge in [-0.1, -0.05) is 30.7 Å². The van der Waals surface area contributed by atoms with Crippen molar-refractivity contribution in [1.82, 2.24) is 10.3 Å². The van der Waals surface area contributed by atoms with Crippen molar-refractivity contribution in [2.24, 2.45) is 0 Å². The molecule has 1 saturated carbocycles. The molecular formula is C17H19BrN2. The second kappa shape index (κ2) is 6.06. The molecule has 0 radical (unpaired) electrons. The van der Waals surface area contributed by atoms with Crippen molar-refractivity contribution in [3.63, 3.8) is 0 Å². The smallest absolute Gasteiger partial charge is 0.0592 e. The first-order valence-corrected chi connectivity index (χ1v) is 7.95. The third-order valence-corrected chi connectivity index (χ3v) is 4.63. The summed E-state index contributed by atoms with van der Waals surface area (Å²) in [5.74, 6) is 0.738. The average molecular weight is 331 g/mol. The maximum absolute atomic E-state index is 4.30.